The predicted molar refractivity (Wildman–Crippen MR) is 55.1 cm³/mol. The van der Waals surface area contributed by atoms with E-state index in [0.29, 0.717) is 5.92 Å². The molecule has 2 rings (SSSR count). The van der Waals surface area contributed by atoms with Crippen LogP contribution >= 0.6 is 0 Å². The topological polar surface area (TPSA) is 0 Å². The molecule has 0 aromatic rings. The number of quaternary nitrogens is 1. The molecule has 13 heavy (non-hydrogen) atoms. The third kappa shape index (κ3) is 1.89. The lowest BCUT2D eigenvalue weighted by Crippen LogP contribution is -2.55. The van der Waals surface area contributed by atoms with E-state index in [0.717, 1.165) is 0 Å². The Labute approximate surface area is 81.7 Å². The maximum atomic E-state index is 5.46. The van der Waals surface area contributed by atoms with E-state index in [1.807, 2.05) is 0 Å². The molecule has 1 spiro atoms. The van der Waals surface area contributed by atoms with E-state index in [-0.39, 0.29) is 0 Å². The van der Waals surface area contributed by atoms with Crippen molar-refractivity contribution in [1.82, 2.24) is 0 Å². The molecule has 2 aliphatic heterocycles. The third-order valence-corrected chi connectivity index (χ3v) is 3.90. The smallest absolute Gasteiger partial charge is 0.0798 e. The summed E-state index contributed by atoms with van der Waals surface area (Å²) in [6.45, 7) is 5.57. The summed E-state index contributed by atoms with van der Waals surface area (Å²) in [6, 6.07) is 0. The average molecular weight is 178 g/mol. The van der Waals surface area contributed by atoms with Crippen molar-refractivity contribution in [2.24, 2.45) is 5.92 Å². The van der Waals surface area contributed by atoms with Crippen LogP contribution in [0, 0.1) is 18.3 Å². The highest BCUT2D eigenvalue weighted by molar-refractivity contribution is 4.93. The molecule has 2 saturated heterocycles. The molecule has 0 unspecified atom stereocenters. The molecule has 0 aliphatic carbocycles. The number of terminal acetylenes is 1. The van der Waals surface area contributed by atoms with Crippen LogP contribution in [0.1, 0.15) is 32.1 Å². The van der Waals surface area contributed by atoms with Gasteiger partial charge in [-0.1, -0.05) is 0 Å². The predicted octanol–water partition coefficient (Wildman–Crippen LogP) is 2.03. The monoisotopic (exact) mass is 178 g/mol. The zero-order valence-electron chi connectivity index (χ0n) is 8.47. The molecule has 0 amide bonds. The zero-order chi connectivity index (χ0) is 9.15. The van der Waals surface area contributed by atoms with Gasteiger partial charge in [0, 0.05) is 18.8 Å². The number of piperidine rings is 2. The average Bonchev–Trinajstić information content (AvgIpc) is 2.20. The highest BCUT2D eigenvalue weighted by Gasteiger charge is 2.34. The van der Waals surface area contributed by atoms with Gasteiger partial charge in [-0.2, -0.15) is 0 Å². The summed E-state index contributed by atoms with van der Waals surface area (Å²) in [5, 5.41) is 0. The number of nitrogens with zero attached hydrogens (tertiary/aromatic N) is 1. The minimum Gasteiger partial charge on any atom is -0.324 e. The Hall–Kier alpha value is -0.480. The van der Waals surface area contributed by atoms with E-state index in [9.17, 15) is 0 Å². The van der Waals surface area contributed by atoms with Gasteiger partial charge >= 0.3 is 0 Å². The quantitative estimate of drug-likeness (QED) is 0.393. The normalized spacial score (nSPS) is 28.5. The summed E-state index contributed by atoms with van der Waals surface area (Å²) in [5.74, 6) is 3.50. The van der Waals surface area contributed by atoms with Crippen molar-refractivity contribution < 1.29 is 4.48 Å². The van der Waals surface area contributed by atoms with Crippen LogP contribution in [0.3, 0.4) is 0 Å². The molecule has 2 aliphatic rings. The van der Waals surface area contributed by atoms with E-state index in [4.69, 9.17) is 6.42 Å². The molecule has 0 aromatic heterocycles. The fraction of sp³-hybridized carbons (Fsp3) is 0.833. The molecule has 0 saturated carbocycles. The van der Waals surface area contributed by atoms with Crippen molar-refractivity contribution >= 4 is 0 Å². The number of hydrogen-bond donors (Lipinski definition) is 0. The largest absolute Gasteiger partial charge is 0.324 e. The minimum absolute atomic E-state index is 0.589. The van der Waals surface area contributed by atoms with Crippen molar-refractivity contribution in [3.63, 3.8) is 0 Å². The van der Waals surface area contributed by atoms with Gasteiger partial charge in [0.1, 0.15) is 0 Å². The Morgan fingerprint density at radius 1 is 0.923 bits per heavy atom. The SMILES string of the molecule is C#CC1CC[N+]2(CCCCC2)CC1. The summed E-state index contributed by atoms with van der Waals surface area (Å²) in [5.41, 5.74) is 0. The van der Waals surface area contributed by atoms with Gasteiger partial charge in [-0.15, -0.1) is 12.3 Å². The number of rotatable bonds is 0. The van der Waals surface area contributed by atoms with Gasteiger partial charge in [-0.3, -0.25) is 0 Å². The number of hydrogen-bond acceptors (Lipinski definition) is 0. The summed E-state index contributed by atoms with van der Waals surface area (Å²) in [4.78, 5) is 0. The van der Waals surface area contributed by atoms with E-state index < -0.39 is 0 Å². The van der Waals surface area contributed by atoms with Crippen LogP contribution in [-0.4, -0.2) is 30.7 Å². The van der Waals surface area contributed by atoms with Crippen LogP contribution in [-0.2, 0) is 0 Å². The van der Waals surface area contributed by atoms with Crippen molar-refractivity contribution in [2.45, 2.75) is 32.1 Å². The Morgan fingerprint density at radius 3 is 2.08 bits per heavy atom. The lowest BCUT2D eigenvalue weighted by molar-refractivity contribution is -0.937. The Kier molecular flexibility index (Phi) is 2.60. The second kappa shape index (κ2) is 3.72. The molecule has 0 N–H and O–H groups in total. The van der Waals surface area contributed by atoms with Crippen molar-refractivity contribution in [2.75, 3.05) is 26.2 Å². The molecule has 1 heteroatoms. The van der Waals surface area contributed by atoms with Gasteiger partial charge in [-0.05, 0) is 19.3 Å². The summed E-state index contributed by atoms with van der Waals surface area (Å²) >= 11 is 0. The van der Waals surface area contributed by atoms with Crippen LogP contribution < -0.4 is 0 Å². The van der Waals surface area contributed by atoms with Crippen molar-refractivity contribution in [3.05, 3.63) is 0 Å². The lowest BCUT2D eigenvalue weighted by atomic mass is 9.93. The molecule has 72 valence electrons. The van der Waals surface area contributed by atoms with E-state index in [1.165, 1.54) is 62.8 Å². The Bertz CT molecular complexity index is 198. The maximum Gasteiger partial charge on any atom is 0.0798 e. The van der Waals surface area contributed by atoms with Crippen LogP contribution in [0.5, 0.6) is 0 Å². The molecule has 2 fully saturated rings. The molecule has 0 bridgehead atoms. The molecular formula is C12H20N+. The first-order chi connectivity index (χ1) is 6.35. The van der Waals surface area contributed by atoms with Gasteiger partial charge in [0.2, 0.25) is 0 Å². The van der Waals surface area contributed by atoms with Crippen LogP contribution in [0.2, 0.25) is 0 Å². The highest BCUT2D eigenvalue weighted by atomic mass is 15.4. The standard InChI is InChI=1S/C12H20N/c1-2-12-6-10-13(11-7-12)8-4-3-5-9-13/h1,12H,3-11H2/q+1. The van der Waals surface area contributed by atoms with Crippen LogP contribution in [0.15, 0.2) is 0 Å². The molecule has 0 aromatic carbocycles. The fourth-order valence-corrected chi connectivity index (χ4v) is 2.91. The molecule has 0 atom stereocenters. The van der Waals surface area contributed by atoms with Crippen molar-refractivity contribution in [3.8, 4) is 12.3 Å². The molecular weight excluding hydrogens is 158 g/mol. The summed E-state index contributed by atoms with van der Waals surface area (Å²) < 4.78 is 1.40. The van der Waals surface area contributed by atoms with E-state index >= 15 is 0 Å². The van der Waals surface area contributed by atoms with Crippen LogP contribution in [0.4, 0.5) is 0 Å². The van der Waals surface area contributed by atoms with E-state index in [2.05, 4.69) is 5.92 Å². The molecule has 2 heterocycles. The second-order valence-electron chi connectivity index (χ2n) is 4.74. The maximum absolute atomic E-state index is 5.46. The van der Waals surface area contributed by atoms with Crippen LogP contribution in [0.25, 0.3) is 0 Å². The minimum atomic E-state index is 0.589. The second-order valence-corrected chi connectivity index (χ2v) is 4.74. The first-order valence-corrected chi connectivity index (χ1v) is 5.66. The molecule has 1 nitrogen and oxygen atoms in total. The fourth-order valence-electron chi connectivity index (χ4n) is 2.91. The lowest BCUT2D eigenvalue weighted by Gasteiger charge is -2.45. The zero-order valence-corrected chi connectivity index (χ0v) is 8.47. The van der Waals surface area contributed by atoms with Gasteiger partial charge in [0.15, 0.2) is 0 Å². The van der Waals surface area contributed by atoms with Gasteiger partial charge in [0.05, 0.1) is 26.2 Å². The first-order valence-electron chi connectivity index (χ1n) is 5.66. The van der Waals surface area contributed by atoms with Gasteiger partial charge in [-0.25, -0.2) is 0 Å². The Balaban J connectivity index is 1.92. The summed E-state index contributed by atoms with van der Waals surface area (Å²) in [7, 11) is 0. The first kappa shape index (κ1) is 9.09. The summed E-state index contributed by atoms with van der Waals surface area (Å²) in [6.07, 6.45) is 12.4. The highest BCUT2D eigenvalue weighted by Crippen LogP contribution is 2.27. The third-order valence-electron chi connectivity index (χ3n) is 3.90. The van der Waals surface area contributed by atoms with E-state index in [1.54, 1.807) is 0 Å². The molecule has 0 radical (unpaired) electrons. The van der Waals surface area contributed by atoms with Crippen molar-refractivity contribution in [1.29, 1.82) is 0 Å². The Morgan fingerprint density at radius 2 is 1.54 bits per heavy atom. The van der Waals surface area contributed by atoms with Gasteiger partial charge < -0.3 is 4.48 Å². The van der Waals surface area contributed by atoms with Gasteiger partial charge in [0.25, 0.3) is 0 Å².